The fourth-order valence-electron chi connectivity index (χ4n) is 2.49. The van der Waals surface area contributed by atoms with Crippen LogP contribution in [-0.2, 0) is 9.53 Å². The van der Waals surface area contributed by atoms with Crippen molar-refractivity contribution in [2.75, 3.05) is 19.7 Å². The van der Waals surface area contributed by atoms with Crippen molar-refractivity contribution in [2.45, 2.75) is 52.5 Å². The molecule has 94 valence electrons. The lowest BCUT2D eigenvalue weighted by Gasteiger charge is -2.35. The lowest BCUT2D eigenvalue weighted by molar-refractivity contribution is -0.150. The quantitative estimate of drug-likeness (QED) is 0.676. The van der Waals surface area contributed by atoms with Crippen LogP contribution in [0, 0.1) is 5.92 Å². The number of ether oxygens (including phenoxy) is 1. The normalized spacial score (nSPS) is 20.7. The lowest BCUT2D eigenvalue weighted by atomic mass is 9.93. The molecule has 1 aliphatic heterocycles. The van der Waals surface area contributed by atoms with E-state index in [0.29, 0.717) is 6.61 Å². The summed E-state index contributed by atoms with van der Waals surface area (Å²) in [7, 11) is 0. The van der Waals surface area contributed by atoms with Crippen molar-refractivity contribution in [1.29, 1.82) is 0 Å². The van der Waals surface area contributed by atoms with Crippen LogP contribution in [0.15, 0.2) is 0 Å². The van der Waals surface area contributed by atoms with Gasteiger partial charge in [0.15, 0.2) is 0 Å². The van der Waals surface area contributed by atoms with Crippen molar-refractivity contribution < 1.29 is 9.53 Å². The van der Waals surface area contributed by atoms with Crippen molar-refractivity contribution >= 4 is 5.97 Å². The second-order valence-electron chi connectivity index (χ2n) is 4.56. The molecule has 0 aromatic carbocycles. The summed E-state index contributed by atoms with van der Waals surface area (Å²) in [5.41, 5.74) is 0. The second kappa shape index (κ2) is 6.89. The molecule has 1 saturated heterocycles. The van der Waals surface area contributed by atoms with E-state index in [2.05, 4.69) is 18.7 Å². The first kappa shape index (κ1) is 13.5. The van der Waals surface area contributed by atoms with E-state index in [1.165, 1.54) is 19.3 Å². The molecule has 3 heteroatoms. The van der Waals surface area contributed by atoms with Crippen LogP contribution in [0.3, 0.4) is 0 Å². The Labute approximate surface area is 99.1 Å². The first-order valence-electron chi connectivity index (χ1n) is 6.63. The Morgan fingerprint density at radius 1 is 1.31 bits per heavy atom. The summed E-state index contributed by atoms with van der Waals surface area (Å²) in [4.78, 5) is 14.1. The third-order valence-corrected chi connectivity index (χ3v) is 3.61. The van der Waals surface area contributed by atoms with E-state index in [0.717, 1.165) is 25.4 Å². The zero-order valence-electron chi connectivity index (χ0n) is 10.9. The number of piperidine rings is 1. The Kier molecular flexibility index (Phi) is 5.81. The topological polar surface area (TPSA) is 29.5 Å². The third kappa shape index (κ3) is 3.48. The van der Waals surface area contributed by atoms with Gasteiger partial charge in [0.1, 0.15) is 6.04 Å². The van der Waals surface area contributed by atoms with Crippen LogP contribution in [0.5, 0.6) is 0 Å². The molecule has 1 rings (SSSR count). The van der Waals surface area contributed by atoms with Crippen LogP contribution >= 0.6 is 0 Å². The van der Waals surface area contributed by atoms with Gasteiger partial charge in [-0.15, -0.1) is 0 Å². The largest absolute Gasteiger partial charge is 0.465 e. The van der Waals surface area contributed by atoms with Gasteiger partial charge in [0, 0.05) is 0 Å². The number of hydrogen-bond donors (Lipinski definition) is 0. The van der Waals surface area contributed by atoms with Crippen LogP contribution in [0.4, 0.5) is 0 Å². The maximum absolute atomic E-state index is 11.8. The number of carbonyl (C=O) groups excluding carboxylic acids is 1. The molecule has 0 N–H and O–H groups in total. The second-order valence-corrected chi connectivity index (χ2v) is 4.56. The molecule has 0 spiro atoms. The Bertz CT molecular complexity index is 210. The Morgan fingerprint density at radius 2 is 1.94 bits per heavy atom. The zero-order chi connectivity index (χ0) is 12.0. The van der Waals surface area contributed by atoms with E-state index in [1.807, 2.05) is 6.92 Å². The number of carbonyl (C=O) groups is 1. The van der Waals surface area contributed by atoms with Crippen LogP contribution in [0.2, 0.25) is 0 Å². The minimum Gasteiger partial charge on any atom is -0.465 e. The van der Waals surface area contributed by atoms with Gasteiger partial charge >= 0.3 is 5.97 Å². The SMILES string of the molecule is CCOC(=O)C(CC)N1CCC(CC)CC1. The Morgan fingerprint density at radius 3 is 2.38 bits per heavy atom. The standard InChI is InChI=1S/C13H25NO2/c1-4-11-7-9-14(10-8-11)12(5-2)13(15)16-6-3/h11-12H,4-10H2,1-3H3. The number of nitrogens with zero attached hydrogens (tertiary/aromatic N) is 1. The van der Waals surface area contributed by atoms with Gasteiger partial charge in [0.2, 0.25) is 0 Å². The highest BCUT2D eigenvalue weighted by Crippen LogP contribution is 2.22. The summed E-state index contributed by atoms with van der Waals surface area (Å²) < 4.78 is 5.12. The van der Waals surface area contributed by atoms with Crippen molar-refractivity contribution in [3.63, 3.8) is 0 Å². The minimum atomic E-state index is -0.0417. The summed E-state index contributed by atoms with van der Waals surface area (Å²) in [6.07, 6.45) is 4.58. The third-order valence-electron chi connectivity index (χ3n) is 3.61. The predicted octanol–water partition coefficient (Wildman–Crippen LogP) is 2.45. The van der Waals surface area contributed by atoms with Crippen LogP contribution in [0.25, 0.3) is 0 Å². The van der Waals surface area contributed by atoms with Crippen LogP contribution in [-0.4, -0.2) is 36.6 Å². The summed E-state index contributed by atoms with van der Waals surface area (Å²) in [6.45, 7) is 8.77. The van der Waals surface area contributed by atoms with Gasteiger partial charge in [0.25, 0.3) is 0 Å². The molecule has 0 aliphatic carbocycles. The molecule has 0 saturated carbocycles. The molecular weight excluding hydrogens is 202 g/mol. The molecule has 1 unspecified atom stereocenters. The van der Waals surface area contributed by atoms with Gasteiger partial charge in [-0.3, -0.25) is 9.69 Å². The Hall–Kier alpha value is -0.570. The van der Waals surface area contributed by atoms with Gasteiger partial charge in [-0.25, -0.2) is 0 Å². The summed E-state index contributed by atoms with van der Waals surface area (Å²) in [5.74, 6) is 0.816. The fourth-order valence-corrected chi connectivity index (χ4v) is 2.49. The van der Waals surface area contributed by atoms with Gasteiger partial charge in [-0.05, 0) is 45.2 Å². The van der Waals surface area contributed by atoms with E-state index >= 15 is 0 Å². The lowest BCUT2D eigenvalue weighted by Crippen LogP contribution is -2.46. The monoisotopic (exact) mass is 227 g/mol. The van der Waals surface area contributed by atoms with E-state index < -0.39 is 0 Å². The molecule has 16 heavy (non-hydrogen) atoms. The molecule has 1 heterocycles. The van der Waals surface area contributed by atoms with Crippen LogP contribution in [0.1, 0.15) is 46.5 Å². The van der Waals surface area contributed by atoms with Crippen molar-refractivity contribution in [1.82, 2.24) is 4.90 Å². The van der Waals surface area contributed by atoms with E-state index in [9.17, 15) is 4.79 Å². The average molecular weight is 227 g/mol. The number of rotatable bonds is 5. The zero-order valence-corrected chi connectivity index (χ0v) is 10.9. The highest BCUT2D eigenvalue weighted by Gasteiger charge is 2.28. The predicted molar refractivity (Wildman–Crippen MR) is 65.3 cm³/mol. The van der Waals surface area contributed by atoms with Crippen molar-refractivity contribution in [3.05, 3.63) is 0 Å². The maximum atomic E-state index is 11.8. The first-order chi connectivity index (χ1) is 7.72. The van der Waals surface area contributed by atoms with Gasteiger partial charge in [-0.1, -0.05) is 20.3 Å². The molecule has 0 amide bonds. The van der Waals surface area contributed by atoms with E-state index in [1.54, 1.807) is 0 Å². The molecule has 1 aliphatic rings. The van der Waals surface area contributed by atoms with Crippen molar-refractivity contribution in [2.24, 2.45) is 5.92 Å². The highest BCUT2D eigenvalue weighted by atomic mass is 16.5. The number of likely N-dealkylation sites (tertiary alicyclic amines) is 1. The fraction of sp³-hybridized carbons (Fsp3) is 0.923. The summed E-state index contributed by atoms with van der Waals surface area (Å²) >= 11 is 0. The minimum absolute atomic E-state index is 0.0160. The molecule has 0 aromatic heterocycles. The van der Waals surface area contributed by atoms with Gasteiger partial charge in [-0.2, -0.15) is 0 Å². The molecular formula is C13H25NO2. The Balaban J connectivity index is 2.45. The van der Waals surface area contributed by atoms with Gasteiger partial charge in [0.05, 0.1) is 6.61 Å². The smallest absolute Gasteiger partial charge is 0.323 e. The first-order valence-corrected chi connectivity index (χ1v) is 6.63. The molecule has 1 atom stereocenters. The van der Waals surface area contributed by atoms with Gasteiger partial charge < -0.3 is 4.74 Å². The van der Waals surface area contributed by atoms with E-state index in [-0.39, 0.29) is 12.0 Å². The molecule has 0 aromatic rings. The average Bonchev–Trinajstić information content (AvgIpc) is 2.31. The molecule has 0 bridgehead atoms. The molecule has 3 nitrogen and oxygen atoms in total. The molecule has 0 radical (unpaired) electrons. The summed E-state index contributed by atoms with van der Waals surface area (Å²) in [5, 5.41) is 0. The number of esters is 1. The van der Waals surface area contributed by atoms with E-state index in [4.69, 9.17) is 4.74 Å². The summed E-state index contributed by atoms with van der Waals surface area (Å²) in [6, 6.07) is -0.0160. The maximum Gasteiger partial charge on any atom is 0.323 e. The molecule has 1 fully saturated rings. The van der Waals surface area contributed by atoms with Crippen molar-refractivity contribution in [3.8, 4) is 0 Å². The highest BCUT2D eigenvalue weighted by molar-refractivity contribution is 5.75. The van der Waals surface area contributed by atoms with Crippen LogP contribution < -0.4 is 0 Å². The number of hydrogen-bond acceptors (Lipinski definition) is 3.